The number of pyridine rings is 1. The Morgan fingerprint density at radius 3 is 2.71 bits per heavy atom. The topological polar surface area (TPSA) is 84.4 Å². The highest BCUT2D eigenvalue weighted by atomic mass is 31.0. The Kier molecular flexibility index (Phi) is 6.63. The molecule has 8 nitrogen and oxygen atoms in total. The highest BCUT2D eigenvalue weighted by Gasteiger charge is 2.29. The second-order valence-corrected chi connectivity index (χ2v) is 10.5. The van der Waals surface area contributed by atoms with Crippen LogP contribution in [0.4, 0.5) is 17.3 Å². The number of hydrogen-bond donors (Lipinski definition) is 2. The molecule has 2 aromatic heterocycles. The fourth-order valence-corrected chi connectivity index (χ4v) is 4.34. The first-order chi connectivity index (χ1) is 16.5. The molecule has 34 heavy (non-hydrogen) atoms. The second-order valence-electron chi connectivity index (χ2n) is 9.10. The van der Waals surface area contributed by atoms with Gasteiger partial charge in [-0.2, -0.15) is 0 Å². The summed E-state index contributed by atoms with van der Waals surface area (Å²) in [5.41, 5.74) is 4.88. The van der Waals surface area contributed by atoms with Gasteiger partial charge in [-0.3, -0.25) is 0 Å². The monoisotopic (exact) mass is 478 g/mol. The van der Waals surface area contributed by atoms with Crippen LogP contribution in [-0.2, 0) is 4.74 Å². The van der Waals surface area contributed by atoms with Crippen molar-refractivity contribution in [2.45, 2.75) is 31.7 Å². The van der Waals surface area contributed by atoms with Crippen LogP contribution in [0.3, 0.4) is 0 Å². The first kappa shape index (κ1) is 23.0. The lowest BCUT2D eigenvalue weighted by atomic mass is 9.99. The van der Waals surface area contributed by atoms with Crippen LogP contribution in [0.2, 0.25) is 0 Å². The maximum absolute atomic E-state index is 6.23. The van der Waals surface area contributed by atoms with E-state index in [1.54, 1.807) is 6.20 Å². The lowest BCUT2D eigenvalue weighted by Gasteiger charge is -2.29. The lowest BCUT2D eigenvalue weighted by Crippen LogP contribution is -2.43. The van der Waals surface area contributed by atoms with Crippen molar-refractivity contribution in [1.29, 1.82) is 0 Å². The molecule has 9 heteroatoms. The molecule has 2 aliphatic rings. The Bertz CT molecular complexity index is 1130. The van der Waals surface area contributed by atoms with Crippen molar-refractivity contribution < 1.29 is 9.47 Å². The number of aromatic nitrogens is 3. The summed E-state index contributed by atoms with van der Waals surface area (Å²) < 4.78 is 12.2. The van der Waals surface area contributed by atoms with Crippen LogP contribution in [0.5, 0.6) is 5.88 Å². The summed E-state index contributed by atoms with van der Waals surface area (Å²) in [7, 11) is 2.71. The SMILES string of the molecule is CC(C)(P)OCC[C@@H]1Oc2ncccc2-c2cnc(Nc3ccc(N4CCNCC4)cc3)nc21. The van der Waals surface area contributed by atoms with Crippen molar-refractivity contribution in [2.24, 2.45) is 0 Å². The van der Waals surface area contributed by atoms with Gasteiger partial charge in [0.2, 0.25) is 11.8 Å². The Hall–Kier alpha value is -2.80. The van der Waals surface area contributed by atoms with Crippen LogP contribution >= 0.6 is 9.24 Å². The van der Waals surface area contributed by atoms with Gasteiger partial charge < -0.3 is 25.0 Å². The van der Waals surface area contributed by atoms with Gasteiger partial charge in [-0.1, -0.05) is 0 Å². The zero-order valence-corrected chi connectivity index (χ0v) is 20.8. The van der Waals surface area contributed by atoms with Gasteiger partial charge in [-0.05, 0) is 50.2 Å². The standard InChI is InChI=1S/C25H31N6O2P/c1-25(2,34)32-15-9-21-22-20(19-4-3-10-27-23(19)33-21)16-28-24(30-22)29-17-5-7-18(8-6-17)31-13-11-26-12-14-31/h3-8,10,16,21,26H,9,11-15,34H2,1-2H3,(H,28,29,30)/t21-/m0/s1. The van der Waals surface area contributed by atoms with Crippen molar-refractivity contribution in [1.82, 2.24) is 20.3 Å². The average molecular weight is 479 g/mol. The maximum Gasteiger partial charge on any atom is 0.227 e. The molecule has 2 N–H and O–H groups in total. The molecular formula is C25H31N6O2P. The Labute approximate surface area is 202 Å². The van der Waals surface area contributed by atoms with Gasteiger partial charge in [-0.25, -0.2) is 15.0 Å². The van der Waals surface area contributed by atoms with Crippen molar-refractivity contribution in [3.8, 4) is 17.0 Å². The van der Waals surface area contributed by atoms with E-state index < -0.39 is 0 Å². The van der Waals surface area contributed by atoms with Gasteiger partial charge in [0, 0.05) is 67.5 Å². The average Bonchev–Trinajstić information content (AvgIpc) is 2.84. The zero-order chi connectivity index (χ0) is 23.5. The van der Waals surface area contributed by atoms with Gasteiger partial charge >= 0.3 is 0 Å². The Morgan fingerprint density at radius 1 is 1.15 bits per heavy atom. The van der Waals surface area contributed by atoms with Crippen LogP contribution in [0.15, 0.2) is 48.8 Å². The van der Waals surface area contributed by atoms with Gasteiger partial charge in [0.05, 0.1) is 17.6 Å². The number of hydrogen-bond acceptors (Lipinski definition) is 8. The van der Waals surface area contributed by atoms with Crippen LogP contribution in [0.25, 0.3) is 11.1 Å². The van der Waals surface area contributed by atoms with E-state index in [1.807, 2.05) is 32.2 Å². The van der Waals surface area contributed by atoms with E-state index in [0.717, 1.165) is 48.7 Å². The van der Waals surface area contributed by atoms with Crippen LogP contribution in [0, 0.1) is 0 Å². The van der Waals surface area contributed by atoms with Crippen LogP contribution in [0.1, 0.15) is 32.1 Å². The molecule has 2 aliphatic heterocycles. The molecule has 0 spiro atoms. The second kappa shape index (κ2) is 9.82. The van der Waals surface area contributed by atoms with Crippen molar-refractivity contribution in [3.63, 3.8) is 0 Å². The third kappa shape index (κ3) is 5.30. The molecule has 3 aromatic rings. The van der Waals surface area contributed by atoms with Gasteiger partial charge in [0.15, 0.2) is 0 Å². The molecule has 0 bridgehead atoms. The van der Waals surface area contributed by atoms with Crippen molar-refractivity contribution >= 4 is 26.6 Å². The minimum atomic E-state index is -0.289. The number of anilines is 3. The first-order valence-corrected chi connectivity index (χ1v) is 12.3. The Balaban J connectivity index is 1.36. The summed E-state index contributed by atoms with van der Waals surface area (Å²) in [5, 5.41) is 6.45. The molecule has 1 unspecified atom stereocenters. The number of nitrogens with zero attached hydrogens (tertiary/aromatic N) is 4. The number of fused-ring (bicyclic) bond motifs is 3. The first-order valence-electron chi connectivity index (χ1n) is 11.7. The number of nitrogens with one attached hydrogen (secondary N) is 2. The number of ether oxygens (including phenoxy) is 2. The van der Waals surface area contributed by atoms with E-state index >= 15 is 0 Å². The van der Waals surface area contributed by atoms with E-state index in [4.69, 9.17) is 14.5 Å². The largest absolute Gasteiger partial charge is 0.467 e. The van der Waals surface area contributed by atoms with E-state index in [2.05, 4.69) is 59.0 Å². The van der Waals surface area contributed by atoms with E-state index in [-0.39, 0.29) is 11.4 Å². The zero-order valence-electron chi connectivity index (χ0n) is 19.6. The normalized spacial score (nSPS) is 17.5. The summed E-state index contributed by atoms with van der Waals surface area (Å²) in [6, 6.07) is 12.3. The smallest absolute Gasteiger partial charge is 0.227 e. The predicted molar refractivity (Wildman–Crippen MR) is 138 cm³/mol. The molecule has 0 aliphatic carbocycles. The summed E-state index contributed by atoms with van der Waals surface area (Å²) in [5.74, 6) is 1.15. The van der Waals surface area contributed by atoms with Crippen molar-refractivity contribution in [2.75, 3.05) is 43.0 Å². The lowest BCUT2D eigenvalue weighted by molar-refractivity contribution is 0.0289. The number of benzene rings is 1. The van der Waals surface area contributed by atoms with E-state index in [0.29, 0.717) is 24.9 Å². The van der Waals surface area contributed by atoms with Crippen LogP contribution < -0.4 is 20.3 Å². The summed E-state index contributed by atoms with van der Waals surface area (Å²) in [6.07, 6.45) is 4.00. The molecule has 0 amide bonds. The van der Waals surface area contributed by atoms with E-state index in [1.165, 1.54) is 5.69 Å². The molecule has 4 heterocycles. The van der Waals surface area contributed by atoms with Gasteiger partial charge in [0.1, 0.15) is 6.10 Å². The molecule has 5 rings (SSSR count). The van der Waals surface area contributed by atoms with Gasteiger partial charge in [-0.15, -0.1) is 9.24 Å². The molecule has 178 valence electrons. The summed E-state index contributed by atoms with van der Waals surface area (Å²) >= 11 is 0. The van der Waals surface area contributed by atoms with E-state index in [9.17, 15) is 0 Å². The highest BCUT2D eigenvalue weighted by Crippen LogP contribution is 2.41. The molecule has 1 fully saturated rings. The third-order valence-electron chi connectivity index (χ3n) is 5.90. The van der Waals surface area contributed by atoms with Gasteiger partial charge in [0.25, 0.3) is 0 Å². The van der Waals surface area contributed by atoms with Crippen molar-refractivity contribution in [3.05, 3.63) is 54.5 Å². The summed E-state index contributed by atoms with van der Waals surface area (Å²) in [4.78, 5) is 16.3. The molecule has 1 saturated heterocycles. The molecule has 2 atom stereocenters. The molecular weight excluding hydrogens is 447 g/mol. The number of rotatable bonds is 7. The quantitative estimate of drug-likeness (QED) is 0.490. The molecule has 0 saturated carbocycles. The maximum atomic E-state index is 6.23. The third-order valence-corrected chi connectivity index (χ3v) is 6.06. The minimum absolute atomic E-state index is 0.261. The Morgan fingerprint density at radius 2 is 1.94 bits per heavy atom. The summed E-state index contributed by atoms with van der Waals surface area (Å²) in [6.45, 7) is 8.66. The molecule has 1 aromatic carbocycles. The highest BCUT2D eigenvalue weighted by molar-refractivity contribution is 7.18. The minimum Gasteiger partial charge on any atom is -0.467 e. The predicted octanol–water partition coefficient (Wildman–Crippen LogP) is 4.14. The van der Waals surface area contributed by atoms with Crippen LogP contribution in [-0.4, -0.2) is 53.1 Å². The fourth-order valence-electron chi connectivity index (χ4n) is 4.22. The number of piperazine rings is 1. The fraction of sp³-hybridized carbons (Fsp3) is 0.400. The molecule has 0 radical (unpaired) electrons.